The molecule has 164 valence electrons. The van der Waals surface area contributed by atoms with E-state index in [9.17, 15) is 0 Å². The van der Waals surface area contributed by atoms with E-state index in [4.69, 9.17) is 23.7 Å². The first-order valence-corrected chi connectivity index (χ1v) is 11.9. The van der Waals surface area contributed by atoms with Crippen molar-refractivity contribution in [1.82, 2.24) is 0 Å². The van der Waals surface area contributed by atoms with Gasteiger partial charge in [0.25, 0.3) is 0 Å². The van der Waals surface area contributed by atoms with Gasteiger partial charge in [0.2, 0.25) is 0 Å². The van der Waals surface area contributed by atoms with Gasteiger partial charge in [-0.1, -0.05) is 32.1 Å². The molecule has 4 unspecified atom stereocenters. The van der Waals surface area contributed by atoms with Crippen LogP contribution in [0.3, 0.4) is 0 Å². The second kappa shape index (κ2) is 13.9. The Balaban J connectivity index is 1.42. The molecule has 0 N–H and O–H groups in total. The van der Waals surface area contributed by atoms with Crippen LogP contribution in [0.1, 0.15) is 77.0 Å². The normalized spacial score (nSPS) is 36.0. The van der Waals surface area contributed by atoms with E-state index >= 15 is 0 Å². The molecule has 1 saturated heterocycles. The summed E-state index contributed by atoms with van der Waals surface area (Å²) in [4.78, 5) is 0. The Morgan fingerprint density at radius 3 is 1.61 bits per heavy atom. The summed E-state index contributed by atoms with van der Waals surface area (Å²) in [6.07, 6.45) is 15.5. The molecule has 0 spiro atoms. The zero-order valence-corrected chi connectivity index (χ0v) is 17.8. The molecule has 0 aromatic heterocycles. The molecule has 0 aromatic rings. The molecule has 4 atom stereocenters. The summed E-state index contributed by atoms with van der Waals surface area (Å²) in [5.41, 5.74) is 0. The smallest absolute Gasteiger partial charge is 0.0837 e. The van der Waals surface area contributed by atoms with E-state index in [1.165, 1.54) is 51.4 Å². The summed E-state index contributed by atoms with van der Waals surface area (Å²) in [5.74, 6) is 0.722. The summed E-state index contributed by atoms with van der Waals surface area (Å²) in [5, 5.41) is 0. The molecule has 0 aromatic carbocycles. The Bertz CT molecular complexity index is 357. The lowest BCUT2D eigenvalue weighted by Crippen LogP contribution is -2.36. The molecule has 2 saturated carbocycles. The summed E-state index contributed by atoms with van der Waals surface area (Å²) < 4.78 is 30.0. The Kier molecular flexibility index (Phi) is 11.2. The number of rotatable bonds is 0. The number of hydrogen-bond donors (Lipinski definition) is 0. The van der Waals surface area contributed by atoms with Crippen LogP contribution in [0.2, 0.25) is 0 Å². The highest BCUT2D eigenvalue weighted by Crippen LogP contribution is 2.30. The van der Waals surface area contributed by atoms with Gasteiger partial charge in [0, 0.05) is 19.8 Å². The third kappa shape index (κ3) is 8.27. The Morgan fingerprint density at radius 1 is 0.357 bits per heavy atom. The highest BCUT2D eigenvalue weighted by molar-refractivity contribution is 4.77. The van der Waals surface area contributed by atoms with Crippen molar-refractivity contribution < 1.29 is 23.7 Å². The Labute approximate surface area is 171 Å². The molecule has 3 fully saturated rings. The molecule has 0 amide bonds. The molecule has 1 aliphatic heterocycles. The zero-order chi connectivity index (χ0) is 19.3. The first-order valence-electron chi connectivity index (χ1n) is 11.9. The second-order valence-corrected chi connectivity index (χ2v) is 8.63. The molecule has 5 heteroatoms. The number of fused-ring (bicyclic) bond motifs is 2. The van der Waals surface area contributed by atoms with E-state index in [0.717, 1.165) is 51.4 Å². The van der Waals surface area contributed by atoms with Gasteiger partial charge in [0.15, 0.2) is 0 Å². The molecule has 0 radical (unpaired) electrons. The quantitative estimate of drug-likeness (QED) is 0.601. The second-order valence-electron chi connectivity index (χ2n) is 8.63. The molecular weight excluding hydrogens is 356 g/mol. The van der Waals surface area contributed by atoms with Crippen LogP contribution in [0, 0.1) is 5.92 Å². The molecule has 3 rings (SSSR count). The topological polar surface area (TPSA) is 46.2 Å². The molecule has 28 heavy (non-hydrogen) atoms. The largest absolute Gasteiger partial charge is 0.381 e. The van der Waals surface area contributed by atoms with Crippen LogP contribution in [0.25, 0.3) is 0 Å². The molecule has 5 nitrogen and oxygen atoms in total. The summed E-state index contributed by atoms with van der Waals surface area (Å²) in [6.45, 7) is 5.14. The van der Waals surface area contributed by atoms with Crippen molar-refractivity contribution >= 4 is 0 Å². The maximum absolute atomic E-state index is 6.20. The van der Waals surface area contributed by atoms with Gasteiger partial charge >= 0.3 is 0 Å². The molecule has 1 heterocycles. The van der Waals surface area contributed by atoms with Crippen LogP contribution in [-0.4, -0.2) is 64.6 Å². The minimum Gasteiger partial charge on any atom is -0.381 e. The zero-order valence-electron chi connectivity index (χ0n) is 17.8. The fourth-order valence-corrected chi connectivity index (χ4v) is 4.89. The minimum atomic E-state index is 0.225. The van der Waals surface area contributed by atoms with E-state index in [-0.39, 0.29) is 12.2 Å². The van der Waals surface area contributed by atoms with Gasteiger partial charge in [-0.25, -0.2) is 0 Å². The van der Waals surface area contributed by atoms with Crippen molar-refractivity contribution in [3.63, 3.8) is 0 Å². The van der Waals surface area contributed by atoms with Gasteiger partial charge in [0.05, 0.1) is 44.7 Å². The van der Waals surface area contributed by atoms with Gasteiger partial charge < -0.3 is 23.7 Å². The number of ether oxygens (including phenoxy) is 5. The summed E-state index contributed by atoms with van der Waals surface area (Å²) in [7, 11) is 0. The predicted octanol–water partition coefficient (Wildman–Crippen LogP) is 4.51. The van der Waals surface area contributed by atoms with Crippen LogP contribution in [0.4, 0.5) is 0 Å². The maximum Gasteiger partial charge on any atom is 0.0837 e. The highest BCUT2D eigenvalue weighted by atomic mass is 16.6. The monoisotopic (exact) mass is 398 g/mol. The van der Waals surface area contributed by atoms with E-state index < -0.39 is 0 Å². The third-order valence-electron chi connectivity index (χ3n) is 6.48. The van der Waals surface area contributed by atoms with Crippen molar-refractivity contribution in [3.05, 3.63) is 0 Å². The first kappa shape index (κ1) is 22.5. The van der Waals surface area contributed by atoms with Crippen molar-refractivity contribution in [2.45, 2.75) is 95.4 Å². The maximum atomic E-state index is 6.20. The van der Waals surface area contributed by atoms with E-state index in [1.54, 1.807) is 0 Å². The van der Waals surface area contributed by atoms with Crippen LogP contribution in [-0.2, 0) is 23.7 Å². The lowest BCUT2D eigenvalue weighted by atomic mass is 9.83. The Morgan fingerprint density at radius 2 is 0.857 bits per heavy atom. The van der Waals surface area contributed by atoms with Crippen molar-refractivity contribution in [2.24, 2.45) is 5.92 Å². The van der Waals surface area contributed by atoms with Crippen LogP contribution in [0.15, 0.2) is 0 Å². The molecule has 0 bridgehead atoms. The van der Waals surface area contributed by atoms with Gasteiger partial charge in [-0.05, 0) is 50.9 Å². The van der Waals surface area contributed by atoms with E-state index in [0.29, 0.717) is 32.5 Å². The van der Waals surface area contributed by atoms with Crippen LogP contribution in [0.5, 0.6) is 0 Å². The van der Waals surface area contributed by atoms with Gasteiger partial charge in [-0.15, -0.1) is 0 Å². The average molecular weight is 399 g/mol. The fourth-order valence-electron chi connectivity index (χ4n) is 4.89. The van der Waals surface area contributed by atoms with Crippen molar-refractivity contribution in [1.29, 1.82) is 0 Å². The molecular formula is C23H42O5. The molecule has 2 aliphatic carbocycles. The van der Waals surface area contributed by atoms with E-state index in [2.05, 4.69) is 0 Å². The first-order chi connectivity index (χ1) is 13.9. The fraction of sp³-hybridized carbons (Fsp3) is 1.00. The Hall–Kier alpha value is -0.200. The summed E-state index contributed by atoms with van der Waals surface area (Å²) >= 11 is 0. The standard InChI is InChI=1S/C23H42O5/c1-2-10-21-20(8-1)9-5-6-13-24-14-7-15-26-22-11-3-4-12-23(22)28-19-17-25-16-18-27-21/h20-23H,1-19H2. The SMILES string of the molecule is C1CCC2CCCCC2OCCOCCOC2CCCCC2OCCCOC1. The third-order valence-corrected chi connectivity index (χ3v) is 6.48. The van der Waals surface area contributed by atoms with Gasteiger partial charge in [0.1, 0.15) is 0 Å². The average Bonchev–Trinajstić information content (AvgIpc) is 2.73. The molecule has 3 aliphatic rings. The lowest BCUT2D eigenvalue weighted by Gasteiger charge is -2.32. The minimum absolute atomic E-state index is 0.225. The van der Waals surface area contributed by atoms with Crippen LogP contribution < -0.4 is 0 Å². The van der Waals surface area contributed by atoms with Crippen molar-refractivity contribution in [2.75, 3.05) is 46.2 Å². The van der Waals surface area contributed by atoms with E-state index in [1.807, 2.05) is 0 Å². The summed E-state index contributed by atoms with van der Waals surface area (Å²) in [6, 6.07) is 0. The van der Waals surface area contributed by atoms with Crippen molar-refractivity contribution in [3.8, 4) is 0 Å². The highest BCUT2D eigenvalue weighted by Gasteiger charge is 2.27. The lowest BCUT2D eigenvalue weighted by molar-refractivity contribution is -0.107. The van der Waals surface area contributed by atoms with Gasteiger partial charge in [-0.3, -0.25) is 0 Å². The van der Waals surface area contributed by atoms with Gasteiger partial charge in [-0.2, -0.15) is 0 Å². The predicted molar refractivity (Wildman–Crippen MR) is 110 cm³/mol. The van der Waals surface area contributed by atoms with Crippen LogP contribution >= 0.6 is 0 Å². The number of hydrogen-bond acceptors (Lipinski definition) is 5.